The fourth-order valence-corrected chi connectivity index (χ4v) is 4.44. The van der Waals surface area contributed by atoms with Crippen LogP contribution in [0.3, 0.4) is 0 Å². The van der Waals surface area contributed by atoms with Gasteiger partial charge >= 0.3 is 11.9 Å². The first-order valence-corrected chi connectivity index (χ1v) is 11.2. The van der Waals surface area contributed by atoms with Crippen LogP contribution in [0.15, 0.2) is 53.6 Å². The lowest BCUT2D eigenvalue weighted by molar-refractivity contribution is -0.129. The highest BCUT2D eigenvalue weighted by Crippen LogP contribution is 2.26. The van der Waals surface area contributed by atoms with E-state index in [4.69, 9.17) is 0 Å². The van der Waals surface area contributed by atoms with Gasteiger partial charge in [-0.25, -0.2) is 18.0 Å². The Labute approximate surface area is 190 Å². The molecular formula is C22H23N3O7S. The van der Waals surface area contributed by atoms with E-state index in [9.17, 15) is 22.8 Å². The zero-order valence-corrected chi connectivity index (χ0v) is 19.3. The van der Waals surface area contributed by atoms with Gasteiger partial charge in [-0.3, -0.25) is 9.52 Å². The molecule has 3 aromatic rings. The maximum Gasteiger partial charge on any atom is 0.339 e. The highest BCUT2D eigenvalue weighted by atomic mass is 32.2. The summed E-state index contributed by atoms with van der Waals surface area (Å²) in [6.45, 7) is 0.143. The molecule has 0 aliphatic rings. The van der Waals surface area contributed by atoms with E-state index in [0.29, 0.717) is 5.39 Å². The average molecular weight is 474 g/mol. The van der Waals surface area contributed by atoms with Crippen LogP contribution in [-0.4, -0.2) is 64.0 Å². The number of carbonyl (C=O) groups is 3. The molecule has 1 aromatic heterocycles. The van der Waals surface area contributed by atoms with Crippen LogP contribution in [0.25, 0.3) is 10.9 Å². The molecule has 0 unspecified atom stereocenters. The van der Waals surface area contributed by atoms with Crippen LogP contribution in [0.4, 0.5) is 5.69 Å². The lowest BCUT2D eigenvalue weighted by atomic mass is 10.1. The highest BCUT2D eigenvalue weighted by Gasteiger charge is 2.25. The van der Waals surface area contributed by atoms with Crippen LogP contribution < -0.4 is 4.72 Å². The standard InChI is InChI=1S/C22H23N3O7S/c1-24(2)20(26)13-25-10-9-14-11-16(6-8-18(14)25)23-33(29,30)19-12-15(21(27)31-3)5-7-17(19)22(28)32-4/h5-12,23H,13H2,1-4H3. The van der Waals surface area contributed by atoms with Gasteiger partial charge in [0.15, 0.2) is 0 Å². The number of aromatic nitrogens is 1. The number of esters is 2. The number of rotatable bonds is 7. The molecule has 0 fully saturated rings. The van der Waals surface area contributed by atoms with Crippen LogP contribution in [0, 0.1) is 0 Å². The second kappa shape index (κ2) is 9.33. The lowest BCUT2D eigenvalue weighted by Gasteiger charge is -2.13. The number of sulfonamides is 1. The van der Waals surface area contributed by atoms with Crippen molar-refractivity contribution in [3.63, 3.8) is 0 Å². The third-order valence-corrected chi connectivity index (χ3v) is 6.35. The molecule has 10 nitrogen and oxygen atoms in total. The highest BCUT2D eigenvalue weighted by molar-refractivity contribution is 7.92. The van der Waals surface area contributed by atoms with Crippen molar-refractivity contribution in [1.29, 1.82) is 0 Å². The van der Waals surface area contributed by atoms with Gasteiger partial charge in [0, 0.05) is 36.9 Å². The summed E-state index contributed by atoms with van der Waals surface area (Å²) in [6.07, 6.45) is 1.74. The number of fused-ring (bicyclic) bond motifs is 1. The number of hydrogen-bond donors (Lipinski definition) is 1. The van der Waals surface area contributed by atoms with Crippen molar-refractivity contribution in [3.8, 4) is 0 Å². The number of nitrogens with one attached hydrogen (secondary N) is 1. The summed E-state index contributed by atoms with van der Waals surface area (Å²) in [6, 6.07) is 10.1. The monoisotopic (exact) mass is 473 g/mol. The van der Waals surface area contributed by atoms with Crippen LogP contribution in [0.2, 0.25) is 0 Å². The minimum absolute atomic E-state index is 0.0383. The van der Waals surface area contributed by atoms with Gasteiger partial charge < -0.3 is 18.9 Å². The number of ether oxygens (including phenoxy) is 2. The van der Waals surface area contributed by atoms with Crippen molar-refractivity contribution in [2.24, 2.45) is 0 Å². The molecule has 1 N–H and O–H groups in total. The first-order chi connectivity index (χ1) is 15.6. The minimum Gasteiger partial charge on any atom is -0.465 e. The summed E-state index contributed by atoms with van der Waals surface area (Å²) in [5.41, 5.74) is 0.713. The van der Waals surface area contributed by atoms with Crippen molar-refractivity contribution in [2.45, 2.75) is 11.4 Å². The van der Waals surface area contributed by atoms with E-state index in [1.54, 1.807) is 49.1 Å². The summed E-state index contributed by atoms with van der Waals surface area (Å²) in [5.74, 6) is -1.71. The molecule has 3 rings (SSSR count). The normalized spacial score (nSPS) is 11.2. The van der Waals surface area contributed by atoms with Crippen molar-refractivity contribution >= 4 is 44.5 Å². The fourth-order valence-electron chi connectivity index (χ4n) is 3.17. The van der Waals surface area contributed by atoms with Gasteiger partial charge in [-0.15, -0.1) is 0 Å². The molecule has 2 aromatic carbocycles. The van der Waals surface area contributed by atoms with Crippen molar-refractivity contribution in [2.75, 3.05) is 33.0 Å². The largest absolute Gasteiger partial charge is 0.465 e. The van der Waals surface area contributed by atoms with E-state index < -0.39 is 26.9 Å². The number of methoxy groups -OCH3 is 2. The molecule has 0 bridgehead atoms. The van der Waals surface area contributed by atoms with Gasteiger partial charge in [0.25, 0.3) is 10.0 Å². The molecule has 1 heterocycles. The number of amides is 1. The Kier molecular flexibility index (Phi) is 6.73. The molecule has 174 valence electrons. The van der Waals surface area contributed by atoms with Crippen LogP contribution in [-0.2, 0) is 30.8 Å². The first-order valence-electron chi connectivity index (χ1n) is 9.70. The molecule has 33 heavy (non-hydrogen) atoms. The average Bonchev–Trinajstić information content (AvgIpc) is 3.18. The molecule has 0 aliphatic carbocycles. The molecule has 0 atom stereocenters. The van der Waals surface area contributed by atoms with Gasteiger partial charge in [0.2, 0.25) is 5.91 Å². The SMILES string of the molecule is COC(=O)c1ccc(C(=O)OC)c(S(=O)(=O)Nc2ccc3c(ccn3CC(=O)N(C)C)c2)c1. The number of carbonyl (C=O) groups excluding carboxylic acids is 3. The molecule has 0 radical (unpaired) electrons. The summed E-state index contributed by atoms with van der Waals surface area (Å²) in [4.78, 5) is 37.1. The topological polar surface area (TPSA) is 124 Å². The second-order valence-corrected chi connectivity index (χ2v) is 8.96. The van der Waals surface area contributed by atoms with Crippen molar-refractivity contribution < 1.29 is 32.3 Å². The number of benzene rings is 2. The fraction of sp³-hybridized carbons (Fsp3) is 0.227. The maximum absolute atomic E-state index is 13.1. The third-order valence-electron chi connectivity index (χ3n) is 4.93. The molecule has 0 spiro atoms. The summed E-state index contributed by atoms with van der Waals surface area (Å²) >= 11 is 0. The predicted octanol–water partition coefficient (Wildman–Crippen LogP) is 2.10. The van der Waals surface area contributed by atoms with E-state index in [0.717, 1.165) is 25.8 Å². The summed E-state index contributed by atoms with van der Waals surface area (Å²) < 4.78 is 39.8. The number of anilines is 1. The van der Waals surface area contributed by atoms with Gasteiger partial charge in [-0.05, 0) is 42.5 Å². The van der Waals surface area contributed by atoms with E-state index in [-0.39, 0.29) is 29.3 Å². The van der Waals surface area contributed by atoms with Crippen LogP contribution in [0.5, 0.6) is 0 Å². The Balaban J connectivity index is 1.98. The second-order valence-electron chi connectivity index (χ2n) is 7.31. The number of hydrogen-bond acceptors (Lipinski definition) is 7. The van der Waals surface area contributed by atoms with E-state index in [1.165, 1.54) is 17.0 Å². The van der Waals surface area contributed by atoms with Gasteiger partial charge in [-0.1, -0.05) is 0 Å². The van der Waals surface area contributed by atoms with Crippen LogP contribution >= 0.6 is 0 Å². The Morgan fingerprint density at radius 3 is 2.30 bits per heavy atom. The smallest absolute Gasteiger partial charge is 0.339 e. The van der Waals surface area contributed by atoms with E-state index in [1.807, 2.05) is 0 Å². The zero-order chi connectivity index (χ0) is 24.3. The summed E-state index contributed by atoms with van der Waals surface area (Å²) in [7, 11) is 1.34. The molecular weight excluding hydrogens is 450 g/mol. The lowest BCUT2D eigenvalue weighted by Crippen LogP contribution is -2.25. The molecule has 1 amide bonds. The Morgan fingerprint density at radius 1 is 0.970 bits per heavy atom. The van der Waals surface area contributed by atoms with Gasteiger partial charge in [0.1, 0.15) is 11.4 Å². The Hall–Kier alpha value is -3.86. The number of nitrogens with zero attached hydrogens (tertiary/aromatic N) is 2. The van der Waals surface area contributed by atoms with Crippen LogP contribution in [0.1, 0.15) is 20.7 Å². The zero-order valence-electron chi connectivity index (χ0n) is 18.5. The molecule has 0 aliphatic heterocycles. The summed E-state index contributed by atoms with van der Waals surface area (Å²) in [5, 5.41) is 0.707. The van der Waals surface area contributed by atoms with Crippen molar-refractivity contribution in [3.05, 3.63) is 59.8 Å². The molecule has 0 saturated carbocycles. The molecule has 0 saturated heterocycles. The third kappa shape index (κ3) is 4.98. The Morgan fingerprint density at radius 2 is 1.67 bits per heavy atom. The number of likely N-dealkylation sites (N-methyl/N-ethyl adjacent to an activating group) is 1. The maximum atomic E-state index is 13.1. The molecule has 11 heteroatoms. The van der Waals surface area contributed by atoms with E-state index >= 15 is 0 Å². The predicted molar refractivity (Wildman–Crippen MR) is 121 cm³/mol. The quantitative estimate of drug-likeness (QED) is 0.521. The van der Waals surface area contributed by atoms with Gasteiger partial charge in [-0.2, -0.15) is 0 Å². The van der Waals surface area contributed by atoms with Crippen molar-refractivity contribution in [1.82, 2.24) is 9.47 Å². The Bertz CT molecular complexity index is 1340. The van der Waals surface area contributed by atoms with Gasteiger partial charge in [0.05, 0.1) is 25.3 Å². The van der Waals surface area contributed by atoms with E-state index in [2.05, 4.69) is 14.2 Å². The first kappa shape index (κ1) is 23.8. The minimum atomic E-state index is -4.28.